The van der Waals surface area contributed by atoms with Crippen molar-refractivity contribution < 1.29 is 13.2 Å². The van der Waals surface area contributed by atoms with E-state index in [9.17, 15) is 13.2 Å². The SMILES string of the molecule is CC(CCCC(F)(F)F)NCC1(C)CC1. The average molecular weight is 223 g/mol. The second-order valence-electron chi connectivity index (χ2n) is 5.10. The van der Waals surface area contributed by atoms with E-state index in [1.54, 1.807) is 0 Å². The predicted molar refractivity (Wildman–Crippen MR) is 54.7 cm³/mol. The monoisotopic (exact) mass is 223 g/mol. The molecule has 1 fully saturated rings. The molecule has 1 unspecified atom stereocenters. The van der Waals surface area contributed by atoms with Gasteiger partial charge in [0.2, 0.25) is 0 Å². The van der Waals surface area contributed by atoms with Crippen molar-refractivity contribution in [1.29, 1.82) is 0 Å². The first-order valence-corrected chi connectivity index (χ1v) is 5.61. The van der Waals surface area contributed by atoms with Gasteiger partial charge in [-0.1, -0.05) is 6.92 Å². The summed E-state index contributed by atoms with van der Waals surface area (Å²) in [4.78, 5) is 0. The molecule has 1 nitrogen and oxygen atoms in total. The minimum Gasteiger partial charge on any atom is -0.314 e. The van der Waals surface area contributed by atoms with Gasteiger partial charge < -0.3 is 5.32 Å². The van der Waals surface area contributed by atoms with E-state index >= 15 is 0 Å². The van der Waals surface area contributed by atoms with Crippen LogP contribution in [0, 0.1) is 5.41 Å². The van der Waals surface area contributed by atoms with Crippen LogP contribution in [0.25, 0.3) is 0 Å². The molecule has 1 atom stereocenters. The summed E-state index contributed by atoms with van der Waals surface area (Å²) in [6.07, 6.45) is -1.33. The van der Waals surface area contributed by atoms with Gasteiger partial charge in [0.05, 0.1) is 0 Å². The van der Waals surface area contributed by atoms with E-state index in [-0.39, 0.29) is 12.5 Å². The fraction of sp³-hybridized carbons (Fsp3) is 1.00. The molecule has 0 bridgehead atoms. The number of rotatable bonds is 6. The van der Waals surface area contributed by atoms with E-state index in [0.717, 1.165) is 6.54 Å². The highest BCUT2D eigenvalue weighted by Crippen LogP contribution is 2.44. The second-order valence-corrected chi connectivity index (χ2v) is 5.10. The molecule has 4 heteroatoms. The highest BCUT2D eigenvalue weighted by molar-refractivity contribution is 4.90. The summed E-state index contributed by atoms with van der Waals surface area (Å²) < 4.78 is 35.6. The van der Waals surface area contributed by atoms with E-state index in [1.807, 2.05) is 6.92 Å². The van der Waals surface area contributed by atoms with Crippen LogP contribution in [0.3, 0.4) is 0 Å². The van der Waals surface area contributed by atoms with Gasteiger partial charge in [-0.2, -0.15) is 13.2 Å². The summed E-state index contributed by atoms with van der Waals surface area (Å²) in [5, 5.41) is 3.30. The first-order chi connectivity index (χ1) is 6.81. The Morgan fingerprint density at radius 2 is 1.93 bits per heavy atom. The molecule has 90 valence electrons. The molecule has 0 spiro atoms. The Balaban J connectivity index is 2.01. The van der Waals surface area contributed by atoms with Crippen LogP contribution in [-0.2, 0) is 0 Å². The zero-order chi connectivity index (χ0) is 11.5. The topological polar surface area (TPSA) is 12.0 Å². The lowest BCUT2D eigenvalue weighted by Gasteiger charge is -2.17. The molecule has 0 aromatic rings. The van der Waals surface area contributed by atoms with Gasteiger partial charge in [-0.05, 0) is 38.0 Å². The predicted octanol–water partition coefficient (Wildman–Crippen LogP) is 3.50. The van der Waals surface area contributed by atoms with Crippen LogP contribution in [-0.4, -0.2) is 18.8 Å². The van der Waals surface area contributed by atoms with Crippen LogP contribution in [0.1, 0.15) is 46.0 Å². The summed E-state index contributed by atoms with van der Waals surface area (Å²) >= 11 is 0. The molecule has 0 saturated heterocycles. The van der Waals surface area contributed by atoms with Crippen LogP contribution >= 0.6 is 0 Å². The fourth-order valence-electron chi connectivity index (χ4n) is 1.52. The van der Waals surface area contributed by atoms with E-state index in [1.165, 1.54) is 12.8 Å². The molecule has 0 aliphatic heterocycles. The van der Waals surface area contributed by atoms with Gasteiger partial charge in [-0.25, -0.2) is 0 Å². The van der Waals surface area contributed by atoms with E-state index < -0.39 is 12.6 Å². The molecule has 1 aliphatic rings. The van der Waals surface area contributed by atoms with Crippen molar-refractivity contribution in [2.75, 3.05) is 6.54 Å². The molecule has 15 heavy (non-hydrogen) atoms. The highest BCUT2D eigenvalue weighted by Gasteiger charge is 2.36. The van der Waals surface area contributed by atoms with Gasteiger partial charge in [0, 0.05) is 19.0 Å². The number of alkyl halides is 3. The molecule has 0 aromatic heterocycles. The molecule has 0 amide bonds. The maximum atomic E-state index is 11.9. The molecule has 1 saturated carbocycles. The fourth-order valence-corrected chi connectivity index (χ4v) is 1.52. The summed E-state index contributed by atoms with van der Waals surface area (Å²) in [5.74, 6) is 0. The third-order valence-electron chi connectivity index (χ3n) is 3.08. The first kappa shape index (κ1) is 12.8. The lowest BCUT2D eigenvalue weighted by molar-refractivity contribution is -0.135. The molecule has 0 aromatic carbocycles. The molecular formula is C11H20F3N. The van der Waals surface area contributed by atoms with Crippen molar-refractivity contribution in [1.82, 2.24) is 5.32 Å². The summed E-state index contributed by atoms with van der Waals surface area (Å²) in [6.45, 7) is 5.12. The molecule has 0 heterocycles. The minimum absolute atomic E-state index is 0.199. The lowest BCUT2D eigenvalue weighted by Crippen LogP contribution is -2.31. The molecule has 1 rings (SSSR count). The standard InChI is InChI=1S/C11H20F3N/c1-9(4-3-5-11(12,13)14)15-8-10(2)6-7-10/h9,15H,3-8H2,1-2H3. The summed E-state index contributed by atoms with van der Waals surface area (Å²) in [6, 6.07) is 0.199. The first-order valence-electron chi connectivity index (χ1n) is 5.61. The largest absolute Gasteiger partial charge is 0.389 e. The Labute approximate surface area is 89.4 Å². The van der Waals surface area contributed by atoms with Crippen LogP contribution in [0.5, 0.6) is 0 Å². The Morgan fingerprint density at radius 1 is 1.33 bits per heavy atom. The third-order valence-corrected chi connectivity index (χ3v) is 3.08. The number of halogens is 3. The lowest BCUT2D eigenvalue weighted by atomic mass is 10.1. The summed E-state index contributed by atoms with van der Waals surface area (Å²) in [5.41, 5.74) is 0.429. The average Bonchev–Trinajstić information content (AvgIpc) is 2.79. The highest BCUT2D eigenvalue weighted by atomic mass is 19.4. The normalized spacial score (nSPS) is 21.4. The quantitative estimate of drug-likeness (QED) is 0.726. The Bertz CT molecular complexity index is 196. The minimum atomic E-state index is -4.00. The van der Waals surface area contributed by atoms with Crippen molar-refractivity contribution in [3.05, 3.63) is 0 Å². The number of nitrogens with one attached hydrogen (secondary N) is 1. The number of hydrogen-bond donors (Lipinski definition) is 1. The van der Waals surface area contributed by atoms with Crippen molar-refractivity contribution in [3.63, 3.8) is 0 Å². The van der Waals surface area contributed by atoms with Crippen molar-refractivity contribution in [2.45, 2.75) is 58.2 Å². The maximum absolute atomic E-state index is 11.9. The van der Waals surface area contributed by atoms with Crippen LogP contribution in [0.4, 0.5) is 13.2 Å². The Kier molecular flexibility index (Phi) is 4.04. The smallest absolute Gasteiger partial charge is 0.314 e. The van der Waals surface area contributed by atoms with Crippen molar-refractivity contribution in [2.24, 2.45) is 5.41 Å². The second kappa shape index (κ2) is 4.73. The van der Waals surface area contributed by atoms with E-state index in [0.29, 0.717) is 11.8 Å². The van der Waals surface area contributed by atoms with E-state index in [4.69, 9.17) is 0 Å². The maximum Gasteiger partial charge on any atom is 0.389 e. The van der Waals surface area contributed by atoms with Crippen LogP contribution in [0.15, 0.2) is 0 Å². The third kappa shape index (κ3) is 6.03. The number of hydrogen-bond acceptors (Lipinski definition) is 1. The molecular weight excluding hydrogens is 203 g/mol. The molecule has 1 aliphatic carbocycles. The van der Waals surface area contributed by atoms with Gasteiger partial charge in [0.25, 0.3) is 0 Å². The summed E-state index contributed by atoms with van der Waals surface area (Å²) in [7, 11) is 0. The van der Waals surface area contributed by atoms with E-state index in [2.05, 4.69) is 12.2 Å². The Morgan fingerprint density at radius 3 is 2.40 bits per heavy atom. The van der Waals surface area contributed by atoms with Crippen LogP contribution < -0.4 is 5.32 Å². The van der Waals surface area contributed by atoms with Gasteiger partial charge in [0.15, 0.2) is 0 Å². The van der Waals surface area contributed by atoms with Crippen molar-refractivity contribution in [3.8, 4) is 0 Å². The van der Waals surface area contributed by atoms with Gasteiger partial charge >= 0.3 is 6.18 Å². The molecule has 0 radical (unpaired) electrons. The zero-order valence-corrected chi connectivity index (χ0v) is 9.45. The Hall–Kier alpha value is -0.250. The van der Waals surface area contributed by atoms with Gasteiger partial charge in [-0.15, -0.1) is 0 Å². The van der Waals surface area contributed by atoms with Gasteiger partial charge in [-0.3, -0.25) is 0 Å². The van der Waals surface area contributed by atoms with Crippen LogP contribution in [0.2, 0.25) is 0 Å². The van der Waals surface area contributed by atoms with Crippen molar-refractivity contribution >= 4 is 0 Å². The zero-order valence-electron chi connectivity index (χ0n) is 9.45. The van der Waals surface area contributed by atoms with Gasteiger partial charge in [0.1, 0.15) is 0 Å². The molecule has 1 N–H and O–H groups in total.